The molecule has 0 fully saturated rings. The van der Waals surface area contributed by atoms with Crippen LogP contribution in [-0.2, 0) is 0 Å². The first kappa shape index (κ1) is 33.0. The maximum Gasteiger partial charge on any atom is 0.161 e. The zero-order valence-electron chi connectivity index (χ0n) is 30.6. The van der Waals surface area contributed by atoms with Crippen LogP contribution in [0, 0.1) is 0 Å². The highest BCUT2D eigenvalue weighted by Crippen LogP contribution is 2.51. The van der Waals surface area contributed by atoms with Gasteiger partial charge in [-0.05, 0) is 91.0 Å². The van der Waals surface area contributed by atoms with E-state index in [1.807, 2.05) is 0 Å². The summed E-state index contributed by atoms with van der Waals surface area (Å²) >= 11 is 0. The summed E-state index contributed by atoms with van der Waals surface area (Å²) in [5, 5.41) is 4.19. The Bertz CT molecular complexity index is 2780. The highest BCUT2D eigenvalue weighted by atomic mass is 16.3. The molecule has 4 heteroatoms. The highest BCUT2D eigenvalue weighted by molar-refractivity contribution is 6.25. The molecule has 0 spiro atoms. The lowest BCUT2D eigenvalue weighted by Crippen LogP contribution is -2.13. The van der Waals surface area contributed by atoms with Gasteiger partial charge in [-0.1, -0.05) is 133 Å². The predicted octanol–water partition coefficient (Wildman–Crippen LogP) is 15.1. The van der Waals surface area contributed by atoms with E-state index in [1.54, 1.807) is 0 Å². The third kappa shape index (κ3) is 5.81. The van der Waals surface area contributed by atoms with Crippen LogP contribution in [0.5, 0.6) is 0 Å². The van der Waals surface area contributed by atoms with Gasteiger partial charge in [0.25, 0.3) is 0 Å². The number of benzene rings is 9. The summed E-state index contributed by atoms with van der Waals surface area (Å²) in [4.78, 5) is 7.00. The number of furan rings is 1. The molecule has 0 saturated carbocycles. The van der Waals surface area contributed by atoms with E-state index in [2.05, 4.69) is 239 Å². The average molecular weight is 720 g/mol. The van der Waals surface area contributed by atoms with Gasteiger partial charge in [0.05, 0.1) is 22.4 Å². The van der Waals surface area contributed by atoms with E-state index in [4.69, 9.17) is 4.42 Å². The number of hydrogen-bond donors (Lipinski definition) is 0. The summed E-state index contributed by atoms with van der Waals surface area (Å²) in [5.74, 6) is 0. The van der Waals surface area contributed by atoms with E-state index >= 15 is 0 Å². The van der Waals surface area contributed by atoms with Gasteiger partial charge in [-0.2, -0.15) is 0 Å². The summed E-state index contributed by atoms with van der Waals surface area (Å²) in [6.45, 7) is 0. The molecule has 1 aromatic heterocycles. The first-order chi connectivity index (χ1) is 27.8. The second-order valence-electron chi connectivity index (χ2n) is 13.7. The molecule has 0 aliphatic heterocycles. The van der Waals surface area contributed by atoms with Crippen molar-refractivity contribution in [2.45, 2.75) is 0 Å². The van der Waals surface area contributed by atoms with Crippen molar-refractivity contribution in [1.82, 2.24) is 0 Å². The average Bonchev–Trinajstić information content (AvgIpc) is 3.67. The molecule has 0 atom stereocenters. The maximum absolute atomic E-state index is 7.34. The predicted molar refractivity (Wildman–Crippen MR) is 235 cm³/mol. The van der Waals surface area contributed by atoms with Crippen LogP contribution >= 0.6 is 0 Å². The van der Waals surface area contributed by atoms with Gasteiger partial charge in [-0.25, -0.2) is 0 Å². The maximum atomic E-state index is 7.34. The Morgan fingerprint density at radius 1 is 0.250 bits per heavy atom. The number of nitrogens with zero attached hydrogens (tertiary/aromatic N) is 3. The van der Waals surface area contributed by atoms with Crippen LogP contribution in [0.3, 0.4) is 0 Å². The SMILES string of the molecule is c1ccc(N(c2ccccc2)c2cc3c(oc4c(N(c5ccccc5)c5ccccc5)ccc(N(c5ccccc5)c5ccccc5)c43)c3ccccc23)cc1. The lowest BCUT2D eigenvalue weighted by molar-refractivity contribution is 0.673. The highest BCUT2D eigenvalue weighted by Gasteiger charge is 2.27. The molecule has 0 amide bonds. The van der Waals surface area contributed by atoms with Crippen molar-refractivity contribution in [3.05, 3.63) is 224 Å². The number of fused-ring (bicyclic) bond motifs is 5. The molecule has 0 aliphatic rings. The molecular weight excluding hydrogens is 683 g/mol. The quantitative estimate of drug-likeness (QED) is 0.148. The minimum Gasteiger partial charge on any atom is -0.453 e. The van der Waals surface area contributed by atoms with Crippen LogP contribution in [0.1, 0.15) is 0 Å². The molecular formula is C52H37N3O. The minimum atomic E-state index is 0.801. The number of hydrogen-bond acceptors (Lipinski definition) is 4. The van der Waals surface area contributed by atoms with E-state index in [1.165, 1.54) is 0 Å². The number of rotatable bonds is 9. The number of para-hydroxylation sites is 6. The van der Waals surface area contributed by atoms with Crippen molar-refractivity contribution in [1.29, 1.82) is 0 Å². The van der Waals surface area contributed by atoms with E-state index in [-0.39, 0.29) is 0 Å². The Labute approximate surface area is 326 Å². The third-order valence-electron chi connectivity index (χ3n) is 10.4. The Morgan fingerprint density at radius 3 is 0.982 bits per heavy atom. The van der Waals surface area contributed by atoms with E-state index < -0.39 is 0 Å². The van der Waals surface area contributed by atoms with Gasteiger partial charge in [-0.15, -0.1) is 0 Å². The molecule has 0 N–H and O–H groups in total. The zero-order valence-corrected chi connectivity index (χ0v) is 30.6. The summed E-state index contributed by atoms with van der Waals surface area (Å²) in [6.07, 6.45) is 0. The standard InChI is InChI=1S/C52H37N3O/c1-7-21-38(22-8-1)53(39-23-9-2-10-24-39)47-35-36-48(54(40-25-11-3-12-26-40)41-27-13-4-14-28-41)52-50(47)46-37-49(44-33-19-20-34-45(44)51(46)56-52)55(42-29-15-5-16-30-42)43-31-17-6-18-32-43/h1-37H. The first-order valence-electron chi connectivity index (χ1n) is 19.0. The Hall–Kier alpha value is -7.56. The van der Waals surface area contributed by atoms with Gasteiger partial charge >= 0.3 is 0 Å². The number of anilines is 9. The van der Waals surface area contributed by atoms with Crippen molar-refractivity contribution >= 4 is 83.9 Å². The van der Waals surface area contributed by atoms with Gasteiger partial charge in [-0.3, -0.25) is 0 Å². The van der Waals surface area contributed by atoms with Crippen LogP contribution in [0.2, 0.25) is 0 Å². The van der Waals surface area contributed by atoms with Crippen molar-refractivity contribution in [3.8, 4) is 0 Å². The van der Waals surface area contributed by atoms with E-state index in [9.17, 15) is 0 Å². The molecule has 0 radical (unpaired) electrons. The fourth-order valence-electron chi connectivity index (χ4n) is 7.94. The fourth-order valence-corrected chi connectivity index (χ4v) is 7.94. The Morgan fingerprint density at radius 2 is 0.571 bits per heavy atom. The van der Waals surface area contributed by atoms with Gasteiger partial charge in [0.2, 0.25) is 0 Å². The lowest BCUT2D eigenvalue weighted by Gasteiger charge is -2.29. The molecule has 0 unspecified atom stereocenters. The van der Waals surface area contributed by atoms with Crippen LogP contribution in [-0.4, -0.2) is 0 Å². The first-order valence-corrected chi connectivity index (χ1v) is 19.0. The molecule has 0 bridgehead atoms. The van der Waals surface area contributed by atoms with Gasteiger partial charge < -0.3 is 19.1 Å². The van der Waals surface area contributed by atoms with Crippen LogP contribution in [0.25, 0.3) is 32.7 Å². The van der Waals surface area contributed by atoms with Crippen LogP contribution in [0.4, 0.5) is 51.2 Å². The van der Waals surface area contributed by atoms with Crippen LogP contribution in [0.15, 0.2) is 229 Å². The smallest absolute Gasteiger partial charge is 0.161 e. The topological polar surface area (TPSA) is 22.9 Å². The molecule has 1 heterocycles. The minimum absolute atomic E-state index is 0.801. The molecule has 0 aliphatic carbocycles. The fraction of sp³-hybridized carbons (Fsp3) is 0. The van der Waals surface area contributed by atoms with Crippen molar-refractivity contribution in [2.24, 2.45) is 0 Å². The summed E-state index contributed by atoms with van der Waals surface area (Å²) < 4.78 is 7.34. The van der Waals surface area contributed by atoms with Crippen molar-refractivity contribution in [2.75, 3.05) is 14.7 Å². The zero-order chi connectivity index (χ0) is 37.3. The largest absolute Gasteiger partial charge is 0.453 e. The molecule has 56 heavy (non-hydrogen) atoms. The lowest BCUT2D eigenvalue weighted by atomic mass is 10.00. The third-order valence-corrected chi connectivity index (χ3v) is 10.4. The van der Waals surface area contributed by atoms with E-state index in [0.29, 0.717) is 0 Å². The van der Waals surface area contributed by atoms with Crippen molar-refractivity contribution < 1.29 is 4.42 Å². The Kier molecular flexibility index (Phi) is 8.47. The second kappa shape index (κ2) is 14.3. The van der Waals surface area contributed by atoms with Gasteiger partial charge in [0.15, 0.2) is 5.58 Å². The molecule has 4 nitrogen and oxygen atoms in total. The van der Waals surface area contributed by atoms with Crippen LogP contribution < -0.4 is 14.7 Å². The van der Waals surface area contributed by atoms with Gasteiger partial charge in [0, 0.05) is 50.3 Å². The molecule has 0 saturated heterocycles. The molecule has 10 aromatic rings. The monoisotopic (exact) mass is 719 g/mol. The summed E-state index contributed by atoms with van der Waals surface area (Å²) in [5.41, 5.74) is 11.0. The normalized spacial score (nSPS) is 11.2. The summed E-state index contributed by atoms with van der Waals surface area (Å²) in [7, 11) is 0. The van der Waals surface area contributed by atoms with Crippen molar-refractivity contribution in [3.63, 3.8) is 0 Å². The van der Waals surface area contributed by atoms with E-state index in [0.717, 1.165) is 83.9 Å². The molecule has 266 valence electrons. The Balaban J connectivity index is 1.36. The molecule has 9 aromatic carbocycles. The molecule has 10 rings (SSSR count). The summed E-state index contributed by atoms with van der Waals surface area (Å²) in [6, 6.07) is 78.9. The second-order valence-corrected chi connectivity index (χ2v) is 13.7. The van der Waals surface area contributed by atoms with Gasteiger partial charge in [0.1, 0.15) is 5.58 Å².